The van der Waals surface area contributed by atoms with Crippen LogP contribution < -0.4 is 4.90 Å². The van der Waals surface area contributed by atoms with Crippen LogP contribution in [0.5, 0.6) is 0 Å². The third-order valence-electron chi connectivity index (χ3n) is 6.21. The minimum atomic E-state index is 0.0800. The number of aromatic nitrogens is 4. The Morgan fingerprint density at radius 1 is 1.16 bits per heavy atom. The number of nitrogens with zero attached hydrogens (tertiary/aromatic N) is 5. The van der Waals surface area contributed by atoms with Crippen molar-refractivity contribution in [2.75, 3.05) is 31.1 Å². The fourth-order valence-electron chi connectivity index (χ4n) is 4.67. The van der Waals surface area contributed by atoms with Crippen molar-refractivity contribution in [3.63, 3.8) is 0 Å². The van der Waals surface area contributed by atoms with Gasteiger partial charge in [-0.2, -0.15) is 0 Å². The number of likely N-dealkylation sites (tertiary alicyclic amines) is 1. The molecule has 1 unspecified atom stereocenters. The van der Waals surface area contributed by atoms with Gasteiger partial charge in [0.2, 0.25) is 5.91 Å². The van der Waals surface area contributed by atoms with Crippen molar-refractivity contribution >= 4 is 34.2 Å². The third-order valence-corrected chi connectivity index (χ3v) is 7.11. The van der Waals surface area contributed by atoms with Crippen LogP contribution in [0.1, 0.15) is 45.2 Å². The molecule has 7 nitrogen and oxygen atoms in total. The van der Waals surface area contributed by atoms with Gasteiger partial charge < -0.3 is 14.8 Å². The molecule has 5 rings (SSSR count). The average molecular weight is 439 g/mol. The number of rotatable bonds is 5. The SMILES string of the molecule is CC(C)Cc1csc(-c2nc3ccc(N4CCCC(C(=O)N5CCCC5)C4)nc3[nH]2)n1. The number of pyridine rings is 1. The van der Waals surface area contributed by atoms with E-state index in [-0.39, 0.29) is 5.92 Å². The number of fused-ring (bicyclic) bond motifs is 1. The topological polar surface area (TPSA) is 78.0 Å². The molecule has 3 aromatic heterocycles. The van der Waals surface area contributed by atoms with E-state index in [9.17, 15) is 4.79 Å². The van der Waals surface area contributed by atoms with Crippen LogP contribution in [0.3, 0.4) is 0 Å². The summed E-state index contributed by atoms with van der Waals surface area (Å²) >= 11 is 1.62. The molecule has 1 amide bonds. The van der Waals surface area contributed by atoms with Gasteiger partial charge in [-0.05, 0) is 50.2 Å². The molecule has 8 heteroatoms. The molecule has 1 atom stereocenters. The highest BCUT2D eigenvalue weighted by molar-refractivity contribution is 7.13. The van der Waals surface area contributed by atoms with Crippen LogP contribution in [-0.4, -0.2) is 56.9 Å². The largest absolute Gasteiger partial charge is 0.356 e. The second-order valence-corrected chi connectivity index (χ2v) is 10.0. The minimum absolute atomic E-state index is 0.0800. The summed E-state index contributed by atoms with van der Waals surface area (Å²) in [4.78, 5) is 34.8. The number of thiazole rings is 1. The number of hydrogen-bond donors (Lipinski definition) is 1. The maximum atomic E-state index is 12.9. The van der Waals surface area contributed by atoms with Gasteiger partial charge >= 0.3 is 0 Å². The third kappa shape index (κ3) is 4.31. The van der Waals surface area contributed by atoms with E-state index in [0.29, 0.717) is 11.8 Å². The molecule has 2 saturated heterocycles. The molecule has 0 bridgehead atoms. The van der Waals surface area contributed by atoms with E-state index < -0.39 is 0 Å². The Bertz CT molecular complexity index is 1070. The Hall–Kier alpha value is -2.48. The minimum Gasteiger partial charge on any atom is -0.356 e. The number of hydrogen-bond acceptors (Lipinski definition) is 6. The van der Waals surface area contributed by atoms with Gasteiger partial charge in [-0.25, -0.2) is 15.0 Å². The average Bonchev–Trinajstić information content (AvgIpc) is 3.52. The maximum absolute atomic E-state index is 12.9. The van der Waals surface area contributed by atoms with Crippen molar-refractivity contribution in [3.8, 4) is 10.8 Å². The first kappa shape index (κ1) is 20.4. The van der Waals surface area contributed by atoms with Crippen molar-refractivity contribution in [1.29, 1.82) is 0 Å². The molecule has 0 radical (unpaired) electrons. The summed E-state index contributed by atoms with van der Waals surface area (Å²) in [6, 6.07) is 4.05. The zero-order chi connectivity index (χ0) is 21.4. The Balaban J connectivity index is 1.33. The Morgan fingerprint density at radius 3 is 2.81 bits per heavy atom. The van der Waals surface area contributed by atoms with Crippen LogP contribution >= 0.6 is 11.3 Å². The van der Waals surface area contributed by atoms with Crippen LogP contribution in [0.15, 0.2) is 17.5 Å². The first-order chi connectivity index (χ1) is 15.1. The van der Waals surface area contributed by atoms with E-state index in [0.717, 1.165) is 91.8 Å². The quantitative estimate of drug-likeness (QED) is 0.648. The van der Waals surface area contributed by atoms with Crippen LogP contribution in [0.2, 0.25) is 0 Å². The van der Waals surface area contributed by atoms with Gasteiger partial charge in [-0.15, -0.1) is 11.3 Å². The fraction of sp³-hybridized carbons (Fsp3) is 0.565. The lowest BCUT2D eigenvalue weighted by Crippen LogP contribution is -2.44. The highest BCUT2D eigenvalue weighted by Gasteiger charge is 2.31. The van der Waals surface area contributed by atoms with Crippen LogP contribution in [0.4, 0.5) is 5.82 Å². The normalized spacial score (nSPS) is 19.6. The van der Waals surface area contributed by atoms with Gasteiger partial charge in [0.25, 0.3) is 0 Å². The Kier molecular flexibility index (Phi) is 5.65. The predicted molar refractivity (Wildman–Crippen MR) is 124 cm³/mol. The maximum Gasteiger partial charge on any atom is 0.227 e. The summed E-state index contributed by atoms with van der Waals surface area (Å²) in [7, 11) is 0. The number of anilines is 1. The van der Waals surface area contributed by atoms with Crippen molar-refractivity contribution in [1.82, 2.24) is 24.8 Å². The molecule has 1 N–H and O–H groups in total. The summed E-state index contributed by atoms with van der Waals surface area (Å²) in [6.45, 7) is 7.94. The van der Waals surface area contributed by atoms with Gasteiger partial charge in [-0.3, -0.25) is 4.79 Å². The van der Waals surface area contributed by atoms with Crippen LogP contribution in [0, 0.1) is 11.8 Å². The molecule has 3 aromatic rings. The molecule has 0 aromatic carbocycles. The second kappa shape index (κ2) is 8.57. The number of carbonyl (C=O) groups excluding carboxylic acids is 1. The van der Waals surface area contributed by atoms with Crippen LogP contribution in [-0.2, 0) is 11.2 Å². The number of H-pyrrole nitrogens is 1. The number of imidazole rings is 1. The van der Waals surface area contributed by atoms with Crippen LogP contribution in [0.25, 0.3) is 22.0 Å². The lowest BCUT2D eigenvalue weighted by molar-refractivity contribution is -0.134. The lowest BCUT2D eigenvalue weighted by atomic mass is 9.96. The molecule has 31 heavy (non-hydrogen) atoms. The molecule has 5 heterocycles. The lowest BCUT2D eigenvalue weighted by Gasteiger charge is -2.34. The number of piperidine rings is 1. The molecule has 0 saturated carbocycles. The van der Waals surface area contributed by atoms with Gasteiger partial charge in [0.15, 0.2) is 16.5 Å². The fourth-order valence-corrected chi connectivity index (χ4v) is 5.45. The van der Waals surface area contributed by atoms with Crippen molar-refractivity contribution in [2.45, 2.75) is 46.0 Å². The van der Waals surface area contributed by atoms with E-state index in [4.69, 9.17) is 15.0 Å². The molecule has 2 aliphatic rings. The number of carbonyl (C=O) groups is 1. The van der Waals surface area contributed by atoms with Crippen molar-refractivity contribution in [3.05, 3.63) is 23.2 Å². The Morgan fingerprint density at radius 2 is 2.00 bits per heavy atom. The van der Waals surface area contributed by atoms with Gasteiger partial charge in [0.05, 0.1) is 11.6 Å². The Labute approximate surface area is 186 Å². The highest BCUT2D eigenvalue weighted by Crippen LogP contribution is 2.28. The summed E-state index contributed by atoms with van der Waals surface area (Å²) in [5.74, 6) is 2.69. The van der Waals surface area contributed by atoms with E-state index in [1.165, 1.54) is 0 Å². The van der Waals surface area contributed by atoms with E-state index in [1.807, 2.05) is 17.0 Å². The number of nitrogens with one attached hydrogen (secondary N) is 1. The van der Waals surface area contributed by atoms with Gasteiger partial charge in [0, 0.05) is 31.6 Å². The monoisotopic (exact) mass is 438 g/mol. The zero-order valence-corrected chi connectivity index (χ0v) is 19.1. The van der Waals surface area contributed by atoms with Crippen molar-refractivity contribution in [2.24, 2.45) is 11.8 Å². The first-order valence-corrected chi connectivity index (χ1v) is 12.3. The smallest absolute Gasteiger partial charge is 0.227 e. The first-order valence-electron chi connectivity index (χ1n) is 11.4. The molecule has 164 valence electrons. The summed E-state index contributed by atoms with van der Waals surface area (Å²) in [5, 5.41) is 3.02. The molecular weight excluding hydrogens is 408 g/mol. The molecule has 2 aliphatic heterocycles. The predicted octanol–water partition coefficient (Wildman–Crippen LogP) is 4.12. The summed E-state index contributed by atoms with van der Waals surface area (Å²) < 4.78 is 0. The van der Waals surface area contributed by atoms with Crippen molar-refractivity contribution < 1.29 is 4.79 Å². The summed E-state index contributed by atoms with van der Waals surface area (Å²) in [6.07, 6.45) is 5.26. The molecule has 2 fully saturated rings. The van der Waals surface area contributed by atoms with Gasteiger partial charge in [-0.1, -0.05) is 13.8 Å². The van der Waals surface area contributed by atoms with E-state index in [2.05, 4.69) is 29.1 Å². The summed E-state index contributed by atoms with van der Waals surface area (Å²) in [5.41, 5.74) is 2.74. The molecule has 0 aliphatic carbocycles. The molecular formula is C23H30N6OS. The zero-order valence-electron chi connectivity index (χ0n) is 18.3. The highest BCUT2D eigenvalue weighted by atomic mass is 32.1. The second-order valence-electron chi connectivity index (χ2n) is 9.18. The van der Waals surface area contributed by atoms with Gasteiger partial charge in [0.1, 0.15) is 11.3 Å². The van der Waals surface area contributed by atoms with E-state index in [1.54, 1.807) is 11.3 Å². The standard InChI is InChI=1S/C23H30N6OS/c1-15(2)12-17-14-31-22(24-17)21-25-18-7-8-19(26-20(18)27-21)29-11-5-6-16(13-29)23(30)28-9-3-4-10-28/h7-8,14-16H,3-6,9-13H2,1-2H3,(H,25,26,27). The van der Waals surface area contributed by atoms with E-state index >= 15 is 0 Å². The number of amides is 1. The number of aromatic amines is 1. The molecule has 0 spiro atoms.